The first-order valence-electron chi connectivity index (χ1n) is 9.13. The fraction of sp³-hybridized carbons (Fsp3) is 0.286. The molecule has 1 aliphatic rings. The molecule has 1 N–H and O–H groups in total. The largest absolute Gasteiger partial charge is 0.337 e. The maximum atomic E-state index is 12.6. The number of nitrogens with one attached hydrogen (secondary N) is 1. The number of rotatable bonds is 4. The SMILES string of the molecule is N#Cc1ccc(Cl)cc1NC(=O)CN1CCCN(C(=O)c2ccccc2)CC1. The van der Waals surface area contributed by atoms with Gasteiger partial charge in [-0.3, -0.25) is 14.5 Å². The van der Waals surface area contributed by atoms with Crippen molar-refractivity contribution in [3.8, 4) is 6.07 Å². The van der Waals surface area contributed by atoms with Gasteiger partial charge in [-0.1, -0.05) is 29.8 Å². The molecule has 2 aromatic carbocycles. The Hall–Kier alpha value is -2.88. The monoisotopic (exact) mass is 396 g/mol. The Morgan fingerprint density at radius 2 is 1.86 bits per heavy atom. The molecule has 1 aliphatic heterocycles. The fourth-order valence-corrected chi connectivity index (χ4v) is 3.38. The van der Waals surface area contributed by atoms with Gasteiger partial charge in [-0.05, 0) is 36.8 Å². The van der Waals surface area contributed by atoms with Gasteiger partial charge in [-0.15, -0.1) is 0 Å². The molecule has 0 unspecified atom stereocenters. The molecule has 0 atom stereocenters. The van der Waals surface area contributed by atoms with Gasteiger partial charge in [0, 0.05) is 36.8 Å². The minimum Gasteiger partial charge on any atom is -0.337 e. The third kappa shape index (κ3) is 5.10. The number of anilines is 1. The van der Waals surface area contributed by atoms with E-state index < -0.39 is 0 Å². The highest BCUT2D eigenvalue weighted by atomic mass is 35.5. The second kappa shape index (κ2) is 9.36. The van der Waals surface area contributed by atoms with Crippen LogP contribution in [0.3, 0.4) is 0 Å². The molecule has 2 amide bonds. The molecular formula is C21H21ClN4O2. The third-order valence-electron chi connectivity index (χ3n) is 4.64. The zero-order valence-corrected chi connectivity index (χ0v) is 16.2. The average Bonchev–Trinajstić information content (AvgIpc) is 2.94. The van der Waals surface area contributed by atoms with Gasteiger partial charge in [0.05, 0.1) is 17.8 Å². The molecule has 28 heavy (non-hydrogen) atoms. The van der Waals surface area contributed by atoms with E-state index >= 15 is 0 Å². The van der Waals surface area contributed by atoms with Crippen LogP contribution in [0.2, 0.25) is 5.02 Å². The van der Waals surface area contributed by atoms with Crippen LogP contribution in [0.4, 0.5) is 5.69 Å². The van der Waals surface area contributed by atoms with Crippen LogP contribution in [0.25, 0.3) is 0 Å². The lowest BCUT2D eigenvalue weighted by Crippen LogP contribution is -2.38. The molecule has 0 saturated carbocycles. The molecule has 0 aliphatic carbocycles. The normalized spacial score (nSPS) is 14.8. The number of benzene rings is 2. The molecule has 3 rings (SSSR count). The highest BCUT2D eigenvalue weighted by Gasteiger charge is 2.21. The topological polar surface area (TPSA) is 76.4 Å². The molecule has 0 radical (unpaired) electrons. The summed E-state index contributed by atoms with van der Waals surface area (Å²) in [5, 5.41) is 12.4. The Balaban J connectivity index is 1.56. The van der Waals surface area contributed by atoms with Crippen molar-refractivity contribution < 1.29 is 9.59 Å². The van der Waals surface area contributed by atoms with Crippen molar-refractivity contribution in [2.75, 3.05) is 38.0 Å². The summed E-state index contributed by atoms with van der Waals surface area (Å²) in [6.07, 6.45) is 0.798. The third-order valence-corrected chi connectivity index (χ3v) is 4.87. The Bertz CT molecular complexity index is 895. The number of amides is 2. The van der Waals surface area contributed by atoms with Gasteiger partial charge in [0.15, 0.2) is 0 Å². The molecule has 144 valence electrons. The van der Waals surface area contributed by atoms with Gasteiger partial charge in [-0.25, -0.2) is 0 Å². The summed E-state index contributed by atoms with van der Waals surface area (Å²) >= 11 is 5.96. The minimum absolute atomic E-state index is 0.0180. The van der Waals surface area contributed by atoms with Crippen molar-refractivity contribution in [3.05, 3.63) is 64.7 Å². The highest BCUT2D eigenvalue weighted by Crippen LogP contribution is 2.20. The first kappa shape index (κ1) is 19.9. The van der Waals surface area contributed by atoms with Gasteiger partial charge >= 0.3 is 0 Å². The van der Waals surface area contributed by atoms with E-state index in [1.54, 1.807) is 18.2 Å². The smallest absolute Gasteiger partial charge is 0.253 e. The maximum absolute atomic E-state index is 12.6. The van der Waals surface area contributed by atoms with Gasteiger partial charge in [-0.2, -0.15) is 5.26 Å². The zero-order valence-electron chi connectivity index (χ0n) is 15.4. The highest BCUT2D eigenvalue weighted by molar-refractivity contribution is 6.31. The molecule has 0 aromatic heterocycles. The van der Waals surface area contributed by atoms with Gasteiger partial charge in [0.2, 0.25) is 5.91 Å². The van der Waals surface area contributed by atoms with Crippen LogP contribution in [0.1, 0.15) is 22.3 Å². The standard InChI is InChI=1S/C21H21ClN4O2/c22-18-8-7-17(14-23)19(13-18)24-20(27)15-25-9-4-10-26(12-11-25)21(28)16-5-2-1-3-6-16/h1-3,5-8,13H,4,9-12,15H2,(H,24,27). The van der Waals surface area contributed by atoms with Crippen molar-refractivity contribution in [1.82, 2.24) is 9.80 Å². The van der Waals surface area contributed by atoms with Crippen LogP contribution in [-0.4, -0.2) is 54.3 Å². The van der Waals surface area contributed by atoms with E-state index in [4.69, 9.17) is 16.9 Å². The number of nitrogens with zero attached hydrogens (tertiary/aromatic N) is 3. The van der Waals surface area contributed by atoms with Crippen LogP contribution in [0, 0.1) is 11.3 Å². The predicted molar refractivity (Wildman–Crippen MR) is 108 cm³/mol. The summed E-state index contributed by atoms with van der Waals surface area (Å²) in [5.74, 6) is -0.189. The van der Waals surface area contributed by atoms with Gasteiger partial charge in [0.25, 0.3) is 5.91 Å². The number of nitriles is 1. The summed E-state index contributed by atoms with van der Waals surface area (Å²) in [7, 11) is 0. The molecular weight excluding hydrogens is 376 g/mol. The van der Waals surface area contributed by atoms with Crippen molar-refractivity contribution >= 4 is 29.1 Å². The Morgan fingerprint density at radius 1 is 1.07 bits per heavy atom. The van der Waals surface area contributed by atoms with E-state index in [0.29, 0.717) is 41.5 Å². The van der Waals surface area contributed by atoms with Gasteiger partial charge in [0.1, 0.15) is 6.07 Å². The predicted octanol–water partition coefficient (Wildman–Crippen LogP) is 3.00. The molecule has 0 spiro atoms. The van der Waals surface area contributed by atoms with Crippen LogP contribution >= 0.6 is 11.6 Å². The fourth-order valence-electron chi connectivity index (χ4n) is 3.21. The summed E-state index contributed by atoms with van der Waals surface area (Å²) in [5.41, 5.74) is 1.46. The second-order valence-electron chi connectivity index (χ2n) is 6.64. The van der Waals surface area contributed by atoms with Crippen molar-refractivity contribution in [3.63, 3.8) is 0 Å². The Labute approximate surface area is 169 Å². The van der Waals surface area contributed by atoms with E-state index in [0.717, 1.165) is 13.0 Å². The van der Waals surface area contributed by atoms with Crippen LogP contribution in [-0.2, 0) is 4.79 Å². The summed E-state index contributed by atoms with van der Waals surface area (Å²) < 4.78 is 0. The number of hydrogen-bond acceptors (Lipinski definition) is 4. The van der Waals surface area contributed by atoms with E-state index in [1.807, 2.05) is 46.2 Å². The number of carbonyl (C=O) groups is 2. The minimum atomic E-state index is -0.207. The molecule has 1 fully saturated rings. The molecule has 2 aromatic rings. The quantitative estimate of drug-likeness (QED) is 0.861. The lowest BCUT2D eigenvalue weighted by molar-refractivity contribution is -0.117. The second-order valence-corrected chi connectivity index (χ2v) is 7.07. The van der Waals surface area contributed by atoms with Crippen molar-refractivity contribution in [1.29, 1.82) is 5.26 Å². The van der Waals surface area contributed by atoms with Crippen molar-refractivity contribution in [2.24, 2.45) is 0 Å². The van der Waals surface area contributed by atoms with E-state index in [2.05, 4.69) is 5.32 Å². The number of halogens is 1. The van der Waals surface area contributed by atoms with Crippen LogP contribution < -0.4 is 5.32 Å². The Morgan fingerprint density at radius 3 is 2.61 bits per heavy atom. The van der Waals surface area contributed by atoms with Crippen LogP contribution in [0.15, 0.2) is 48.5 Å². The summed E-state index contributed by atoms with van der Waals surface area (Å²) in [6, 6.07) is 16.0. The number of carbonyl (C=O) groups excluding carboxylic acids is 2. The molecule has 7 heteroatoms. The maximum Gasteiger partial charge on any atom is 0.253 e. The first-order valence-corrected chi connectivity index (χ1v) is 9.51. The lowest BCUT2D eigenvalue weighted by Gasteiger charge is -2.22. The lowest BCUT2D eigenvalue weighted by atomic mass is 10.2. The van der Waals surface area contributed by atoms with Crippen LogP contribution in [0.5, 0.6) is 0 Å². The molecule has 6 nitrogen and oxygen atoms in total. The van der Waals surface area contributed by atoms with E-state index in [-0.39, 0.29) is 18.4 Å². The first-order chi connectivity index (χ1) is 13.6. The average molecular weight is 397 g/mol. The zero-order chi connectivity index (χ0) is 19.9. The molecule has 0 bridgehead atoms. The van der Waals surface area contributed by atoms with E-state index in [9.17, 15) is 9.59 Å². The summed E-state index contributed by atoms with van der Waals surface area (Å²) in [6.45, 7) is 2.78. The summed E-state index contributed by atoms with van der Waals surface area (Å²) in [4.78, 5) is 28.9. The molecule has 1 saturated heterocycles. The van der Waals surface area contributed by atoms with Crippen molar-refractivity contribution in [2.45, 2.75) is 6.42 Å². The number of hydrogen-bond donors (Lipinski definition) is 1. The molecule has 1 heterocycles. The Kier molecular flexibility index (Phi) is 6.64. The van der Waals surface area contributed by atoms with Gasteiger partial charge < -0.3 is 10.2 Å². The van der Waals surface area contributed by atoms with E-state index in [1.165, 1.54) is 0 Å².